The monoisotopic (exact) mass is 1200 g/mol. The van der Waals surface area contributed by atoms with Crippen LogP contribution in [-0.2, 0) is 56.8 Å². The molecule has 7 saturated heterocycles. The maximum atomic E-state index is 12.1. The third-order valence-electron chi connectivity index (χ3n) is 22.1. The highest BCUT2D eigenvalue weighted by Crippen LogP contribution is 2.71. The first kappa shape index (κ1) is 63.5. The largest absolute Gasteiger partial charge is 0.394 e. The lowest BCUT2D eigenvalue weighted by atomic mass is 9.44. The number of rotatable bonds is 13. The van der Waals surface area contributed by atoms with Crippen LogP contribution in [0, 0.1) is 52.3 Å². The molecule has 83 heavy (non-hydrogen) atoms. The van der Waals surface area contributed by atoms with Crippen molar-refractivity contribution in [3.63, 3.8) is 0 Å². The number of fused-ring (bicyclic) bond motifs is 7. The Bertz CT molecular complexity index is 2160. The molecule has 15 N–H and O–H groups in total. The van der Waals surface area contributed by atoms with E-state index in [0.717, 1.165) is 51.6 Å². The number of aliphatic hydroxyl groups excluding tert-OH is 15. The van der Waals surface area contributed by atoms with Crippen molar-refractivity contribution >= 4 is 0 Å². The van der Waals surface area contributed by atoms with Crippen molar-refractivity contribution < 1.29 is 133 Å². The van der Waals surface area contributed by atoms with Crippen LogP contribution in [0.25, 0.3) is 0 Å². The summed E-state index contributed by atoms with van der Waals surface area (Å²) in [5.74, 6) is 2.15. The van der Waals surface area contributed by atoms with Crippen molar-refractivity contribution in [2.45, 2.75) is 264 Å². The van der Waals surface area contributed by atoms with Gasteiger partial charge in [0.2, 0.25) is 0 Å². The number of hydrogen-bond donors (Lipinski definition) is 15. The van der Waals surface area contributed by atoms with Gasteiger partial charge < -0.3 is 133 Å². The van der Waals surface area contributed by atoms with Crippen LogP contribution in [0.4, 0.5) is 0 Å². The zero-order valence-corrected chi connectivity index (χ0v) is 47.6. The molecule has 0 aromatic rings. The van der Waals surface area contributed by atoms with Crippen molar-refractivity contribution in [3.8, 4) is 0 Å². The van der Waals surface area contributed by atoms with Gasteiger partial charge in [0.15, 0.2) is 37.2 Å². The van der Waals surface area contributed by atoms with Crippen LogP contribution >= 0.6 is 0 Å². The van der Waals surface area contributed by atoms with Gasteiger partial charge in [0.1, 0.15) is 110 Å². The summed E-state index contributed by atoms with van der Waals surface area (Å²) < 4.78 is 73.3. The van der Waals surface area contributed by atoms with Crippen molar-refractivity contribution in [2.75, 3.05) is 33.0 Å². The van der Waals surface area contributed by atoms with Crippen molar-refractivity contribution in [1.82, 2.24) is 0 Å². The summed E-state index contributed by atoms with van der Waals surface area (Å²) in [4.78, 5) is 0. The molecule has 27 nitrogen and oxygen atoms in total. The van der Waals surface area contributed by atoms with Gasteiger partial charge in [0.05, 0.1) is 57.5 Å². The first-order valence-electron chi connectivity index (χ1n) is 30.2. The Kier molecular flexibility index (Phi) is 18.8. The second-order valence-electron chi connectivity index (χ2n) is 26.8. The van der Waals surface area contributed by atoms with Crippen LogP contribution in [0.1, 0.15) is 92.4 Å². The molecule has 7 aliphatic heterocycles. The van der Waals surface area contributed by atoms with Crippen LogP contribution in [0.2, 0.25) is 0 Å². The normalized spacial score (nSPS) is 58.3. The zero-order chi connectivity index (χ0) is 59.5. The molecule has 0 amide bonds. The Hall–Kier alpha value is -1.08. The van der Waals surface area contributed by atoms with E-state index in [-0.39, 0.29) is 28.8 Å². The molecule has 11 aliphatic rings. The summed E-state index contributed by atoms with van der Waals surface area (Å²) in [7, 11) is 0. The van der Waals surface area contributed by atoms with E-state index < -0.39 is 192 Å². The third kappa shape index (κ3) is 11.1. The van der Waals surface area contributed by atoms with Gasteiger partial charge >= 0.3 is 0 Å². The van der Waals surface area contributed by atoms with Crippen LogP contribution in [0.5, 0.6) is 0 Å². The van der Waals surface area contributed by atoms with E-state index in [9.17, 15) is 76.6 Å². The Labute approximate surface area is 481 Å². The molecule has 0 radical (unpaired) electrons. The lowest BCUT2D eigenvalue weighted by Crippen LogP contribution is -2.69. The van der Waals surface area contributed by atoms with E-state index >= 15 is 0 Å². The Balaban J connectivity index is 0.791. The Morgan fingerprint density at radius 2 is 1.07 bits per heavy atom. The molecule has 0 aromatic carbocycles. The fraction of sp³-hybridized carbons (Fsp3) is 1.00. The zero-order valence-electron chi connectivity index (χ0n) is 47.6. The van der Waals surface area contributed by atoms with Gasteiger partial charge in [-0.2, -0.15) is 0 Å². The van der Waals surface area contributed by atoms with Crippen LogP contribution in [0.3, 0.4) is 0 Å². The summed E-state index contributed by atoms with van der Waals surface area (Å²) in [6.07, 6.45) is -37.2. The molecule has 4 aliphatic carbocycles. The molecule has 2 unspecified atom stereocenters. The van der Waals surface area contributed by atoms with Crippen molar-refractivity contribution in [3.05, 3.63) is 0 Å². The van der Waals surface area contributed by atoms with E-state index in [0.29, 0.717) is 42.4 Å². The highest BCUT2D eigenvalue weighted by Gasteiger charge is 2.70. The first-order chi connectivity index (χ1) is 39.4. The molecule has 7 heterocycles. The van der Waals surface area contributed by atoms with Gasteiger partial charge in [-0.15, -0.1) is 0 Å². The molecule has 11 fully saturated rings. The standard InChI is InChI=1S/C56H92O27/c1-20-8-11-56(73-18-20)21(2)34-30(83-56)13-26-24-7-6-23-12-29(27(60)14-55(23,5)25(24)9-10-54(26,34)4)75-51-43(70)40(67)45(33(17-59)78-51)79-53-48(47(38(65)32(16-58)77-53)81-49-41(68)36(63)28(61)19-72-49)82-52-44(71)46(37(64)31(15-57)76-52)80-50-42(69)39(66)35(62)22(3)74-50/h20-53,57-71H,6-19H2,1-5H3/t20-,21+,22+,23+,24-,25+,26+,27-,28-,29-,30?,31-,32-,33-,34?,35+,36+,37-,38-,39-,40-,41-,42-,43-,44-,45+,46+,47+,48-,49+,50+,51-,52+,53+,54+,55+,56-/m1/s1. The summed E-state index contributed by atoms with van der Waals surface area (Å²) in [5.41, 5.74) is -0.113. The molecule has 0 bridgehead atoms. The quantitative estimate of drug-likeness (QED) is 0.0774. The van der Waals surface area contributed by atoms with Crippen LogP contribution in [-0.4, -0.2) is 281 Å². The molecule has 27 heteroatoms. The highest BCUT2D eigenvalue weighted by atomic mass is 16.8. The molecule has 478 valence electrons. The van der Waals surface area contributed by atoms with Crippen molar-refractivity contribution in [1.29, 1.82) is 0 Å². The molecular formula is C56H92O27. The van der Waals surface area contributed by atoms with Gasteiger partial charge in [0, 0.05) is 12.3 Å². The molecule has 37 atom stereocenters. The summed E-state index contributed by atoms with van der Waals surface area (Å²) in [6.45, 7) is 8.07. The van der Waals surface area contributed by atoms with E-state index in [1.807, 2.05) is 0 Å². The average Bonchev–Trinajstić information content (AvgIpc) is 3.96. The van der Waals surface area contributed by atoms with Gasteiger partial charge in [-0.25, -0.2) is 0 Å². The molecule has 11 rings (SSSR count). The molecule has 1 spiro atoms. The minimum absolute atomic E-state index is 0.107. The SMILES string of the molecule is C[C@@H]1CC[C@@]2(OC1)OC1C[C@H]3[C@@H]4CC[C@H]5C[C@@H](O[C@@H]6O[C@H](CO)[C@H](O[C@@H]7O[C@H](CO)[C@@H](O)[C@H](O[C@@H]8OC[C@@H](O)[C@H](O)[C@H]8O)[C@H]7O[C@@H]7O[C@H](CO)[C@@H](O)[C@H](O[C@@H]8O[C@@H](C)[C@H](O)[C@@H](O)[C@H]8O)[C@H]7O)[C@H](O)[C@H]6O)[C@H](O)C[C@]5(C)[C@H]4CC[C@]3(C)C1[C@@H]2C. The predicted octanol–water partition coefficient (Wildman–Crippen LogP) is -4.45. The van der Waals surface area contributed by atoms with E-state index in [1.54, 1.807) is 0 Å². The van der Waals surface area contributed by atoms with Gasteiger partial charge in [-0.1, -0.05) is 27.7 Å². The molecule has 4 saturated carbocycles. The predicted molar refractivity (Wildman–Crippen MR) is 275 cm³/mol. The van der Waals surface area contributed by atoms with Crippen molar-refractivity contribution in [2.24, 2.45) is 52.3 Å². The highest BCUT2D eigenvalue weighted by molar-refractivity contribution is 5.16. The second-order valence-corrected chi connectivity index (χ2v) is 26.8. The number of ether oxygens (including phenoxy) is 12. The Morgan fingerprint density at radius 1 is 0.470 bits per heavy atom. The topological polar surface area (TPSA) is 414 Å². The van der Waals surface area contributed by atoms with Gasteiger partial charge in [0.25, 0.3) is 0 Å². The fourth-order valence-corrected chi connectivity index (χ4v) is 17.4. The van der Waals surface area contributed by atoms with Gasteiger partial charge in [-0.05, 0) is 105 Å². The number of aliphatic hydroxyl groups is 15. The first-order valence-corrected chi connectivity index (χ1v) is 30.2. The summed E-state index contributed by atoms with van der Waals surface area (Å²) >= 11 is 0. The summed E-state index contributed by atoms with van der Waals surface area (Å²) in [5, 5.41) is 166. The Morgan fingerprint density at radius 3 is 1.76 bits per heavy atom. The minimum Gasteiger partial charge on any atom is -0.394 e. The number of hydrogen-bond acceptors (Lipinski definition) is 27. The fourth-order valence-electron chi connectivity index (χ4n) is 17.4. The lowest BCUT2D eigenvalue weighted by Gasteiger charge is -2.62. The van der Waals surface area contributed by atoms with E-state index in [1.165, 1.54) is 6.92 Å². The van der Waals surface area contributed by atoms with E-state index in [4.69, 9.17) is 56.8 Å². The van der Waals surface area contributed by atoms with Crippen LogP contribution < -0.4 is 0 Å². The minimum atomic E-state index is -2.14. The molecule has 0 aromatic heterocycles. The molecular weight excluding hydrogens is 1100 g/mol. The third-order valence-corrected chi connectivity index (χ3v) is 22.1. The van der Waals surface area contributed by atoms with E-state index in [2.05, 4.69) is 27.7 Å². The second kappa shape index (κ2) is 24.6. The smallest absolute Gasteiger partial charge is 0.187 e. The summed E-state index contributed by atoms with van der Waals surface area (Å²) in [6, 6.07) is 0. The maximum absolute atomic E-state index is 12.1. The maximum Gasteiger partial charge on any atom is 0.187 e. The van der Waals surface area contributed by atoms with Gasteiger partial charge in [-0.3, -0.25) is 0 Å². The average molecular weight is 1200 g/mol. The van der Waals surface area contributed by atoms with Crippen LogP contribution in [0.15, 0.2) is 0 Å². The lowest BCUT2D eigenvalue weighted by molar-refractivity contribution is -0.409.